The van der Waals surface area contributed by atoms with Gasteiger partial charge in [-0.05, 0) is 109 Å². The minimum atomic E-state index is -1.04. The quantitative estimate of drug-likeness (QED) is 0.0366. The summed E-state index contributed by atoms with van der Waals surface area (Å²) in [5.74, 6) is 1.48. The lowest BCUT2D eigenvalue weighted by atomic mass is 9.97. The standard InChI is InChI=1S/C90H132N2O11/c1-6-9-12-15-16-17-18-19-20-21-23-40-53-83(97-67-78-55-59-80(94-4)60-56-78)86(98-71-79-57-61-81(95-5)62-58-79)82(91-85(93)54-41-24-22-27-44-65-92(63-42-25-13-10-7-2)64-43-26-14-11-8-3)72-102-90-89(101-70-77-51-38-31-39-52-77)88(100-69-76-49-36-30-37-50-76)87(99-68-75-47-34-29-35-48-75)84(103-90)73-96-66-74-45-32-28-33-46-74/h28-39,45-52,55-62,82-84,86-90H,6-27,40-44,53-54,63-73H2,1-5H3,(H,91,93)/t82-,83+,84+,86-,87-,88-,89+,90-/m0/s1. The Morgan fingerprint density at radius 2 is 0.777 bits per heavy atom. The van der Waals surface area contributed by atoms with E-state index in [1.807, 2.05) is 109 Å². The SMILES string of the molecule is CCCCCCCCCCCCCC[C@@H](OCc1ccc(OC)cc1)[C@@H](OCc1ccc(OC)cc1)[C@H](CO[C@H]1O[C@H](COCc2ccccc2)[C@H](OCc2ccccc2)[C@H](OCc2ccccc2)[C@H]1OCc1ccccc1)NC(=O)CCCCCCCN(CCCCCCC)CCCCCCC. The number of amides is 1. The topological polar surface area (TPSA) is 125 Å². The van der Waals surface area contributed by atoms with E-state index in [4.69, 9.17) is 47.4 Å². The Hall–Kier alpha value is -5.97. The molecule has 1 saturated heterocycles. The van der Waals surface area contributed by atoms with E-state index in [-0.39, 0.29) is 38.9 Å². The van der Waals surface area contributed by atoms with Gasteiger partial charge in [0, 0.05) is 6.42 Å². The number of ether oxygens (including phenoxy) is 10. The van der Waals surface area contributed by atoms with Gasteiger partial charge in [-0.15, -0.1) is 0 Å². The molecule has 0 radical (unpaired) electrons. The fraction of sp³-hybridized carbons (Fsp3) is 0.589. The predicted octanol–water partition coefficient (Wildman–Crippen LogP) is 21.0. The Morgan fingerprint density at radius 1 is 0.398 bits per heavy atom. The first-order valence-electron chi connectivity index (χ1n) is 40.2. The number of hydrogen-bond acceptors (Lipinski definition) is 12. The van der Waals surface area contributed by atoms with Crippen molar-refractivity contribution in [2.24, 2.45) is 0 Å². The average molecular weight is 1420 g/mol. The summed E-state index contributed by atoms with van der Waals surface area (Å²) in [6, 6.07) is 56.1. The molecule has 1 amide bonds. The minimum absolute atomic E-state index is 0.0119. The van der Waals surface area contributed by atoms with Crippen LogP contribution >= 0.6 is 0 Å². The Kier molecular flexibility index (Phi) is 44.0. The first-order chi connectivity index (χ1) is 50.9. The van der Waals surface area contributed by atoms with Crippen LogP contribution in [0.2, 0.25) is 0 Å². The zero-order chi connectivity index (χ0) is 72.3. The summed E-state index contributed by atoms with van der Waals surface area (Å²) < 4.78 is 68.6. The number of rotatable bonds is 60. The second kappa shape index (κ2) is 53.7. The van der Waals surface area contributed by atoms with E-state index in [9.17, 15) is 0 Å². The maximum atomic E-state index is 15.1. The highest BCUT2D eigenvalue weighted by Crippen LogP contribution is 2.33. The molecule has 1 aliphatic rings. The van der Waals surface area contributed by atoms with Crippen molar-refractivity contribution >= 4 is 5.91 Å². The largest absolute Gasteiger partial charge is 0.497 e. The molecular weight excluding hydrogens is 1280 g/mol. The molecule has 13 heteroatoms. The van der Waals surface area contributed by atoms with Gasteiger partial charge in [0.05, 0.1) is 79.2 Å². The first kappa shape index (κ1) is 84.3. The maximum absolute atomic E-state index is 15.1. The number of nitrogens with one attached hydrogen (secondary N) is 1. The summed E-state index contributed by atoms with van der Waals surface area (Å²) >= 11 is 0. The van der Waals surface area contributed by atoms with Crippen LogP contribution in [0.25, 0.3) is 0 Å². The van der Waals surface area contributed by atoms with Gasteiger partial charge < -0.3 is 57.6 Å². The second-order valence-corrected chi connectivity index (χ2v) is 28.5. The Morgan fingerprint density at radius 3 is 1.22 bits per heavy atom. The van der Waals surface area contributed by atoms with Crippen LogP contribution in [0.3, 0.4) is 0 Å². The molecule has 7 rings (SSSR count). The first-order valence-corrected chi connectivity index (χ1v) is 40.2. The number of unbranched alkanes of at least 4 members (excludes halogenated alkanes) is 23. The van der Waals surface area contributed by atoms with E-state index >= 15 is 4.79 Å². The van der Waals surface area contributed by atoms with Gasteiger partial charge in [-0.25, -0.2) is 0 Å². The Labute approximate surface area is 622 Å². The van der Waals surface area contributed by atoms with Crippen molar-refractivity contribution in [2.75, 3.05) is 47.1 Å². The molecule has 103 heavy (non-hydrogen) atoms. The van der Waals surface area contributed by atoms with Crippen LogP contribution in [0, 0.1) is 0 Å². The average Bonchev–Trinajstić information content (AvgIpc) is 0.782. The van der Waals surface area contributed by atoms with Crippen LogP contribution in [0.4, 0.5) is 0 Å². The molecular formula is C90H132N2O11. The van der Waals surface area contributed by atoms with Crippen molar-refractivity contribution < 1.29 is 52.2 Å². The van der Waals surface area contributed by atoms with Gasteiger partial charge in [-0.2, -0.15) is 0 Å². The monoisotopic (exact) mass is 1420 g/mol. The van der Waals surface area contributed by atoms with Crippen LogP contribution in [0.5, 0.6) is 11.5 Å². The van der Waals surface area contributed by atoms with Crippen molar-refractivity contribution in [3.05, 3.63) is 203 Å². The summed E-state index contributed by atoms with van der Waals surface area (Å²) in [5, 5.41) is 3.58. The highest BCUT2D eigenvalue weighted by molar-refractivity contribution is 5.76. The van der Waals surface area contributed by atoms with Crippen molar-refractivity contribution in [1.29, 1.82) is 0 Å². The molecule has 6 aromatic carbocycles. The van der Waals surface area contributed by atoms with E-state index in [1.54, 1.807) is 14.2 Å². The molecule has 8 atom stereocenters. The lowest BCUT2D eigenvalue weighted by molar-refractivity contribution is -0.330. The summed E-state index contributed by atoms with van der Waals surface area (Å²) in [4.78, 5) is 17.8. The predicted molar refractivity (Wildman–Crippen MR) is 418 cm³/mol. The van der Waals surface area contributed by atoms with Gasteiger partial charge in [0.25, 0.3) is 0 Å². The summed E-state index contributed by atoms with van der Waals surface area (Å²) in [6.45, 7) is 12.3. The molecule has 1 aliphatic heterocycles. The molecule has 1 N–H and O–H groups in total. The van der Waals surface area contributed by atoms with E-state index in [2.05, 4.69) is 91.7 Å². The van der Waals surface area contributed by atoms with Gasteiger partial charge in [-0.3, -0.25) is 4.79 Å². The van der Waals surface area contributed by atoms with Gasteiger partial charge in [0.15, 0.2) is 6.29 Å². The van der Waals surface area contributed by atoms with Gasteiger partial charge in [0.2, 0.25) is 5.91 Å². The van der Waals surface area contributed by atoms with Gasteiger partial charge >= 0.3 is 0 Å². The third-order valence-electron chi connectivity index (χ3n) is 20.0. The van der Waals surface area contributed by atoms with Crippen LogP contribution < -0.4 is 14.8 Å². The number of methoxy groups -OCH3 is 2. The second-order valence-electron chi connectivity index (χ2n) is 28.5. The van der Waals surface area contributed by atoms with Gasteiger partial charge in [0.1, 0.15) is 42.0 Å². The molecule has 0 spiro atoms. The van der Waals surface area contributed by atoms with E-state index in [0.717, 1.165) is 96.4 Å². The highest BCUT2D eigenvalue weighted by atomic mass is 16.7. The molecule has 0 unspecified atom stereocenters. The van der Waals surface area contributed by atoms with Crippen molar-refractivity contribution in [2.45, 2.75) is 296 Å². The lowest BCUT2D eigenvalue weighted by Crippen LogP contribution is -2.62. The van der Waals surface area contributed by atoms with Crippen LogP contribution in [-0.2, 0) is 82.3 Å². The highest BCUT2D eigenvalue weighted by Gasteiger charge is 2.50. The summed E-state index contributed by atoms with van der Waals surface area (Å²) in [5.41, 5.74) is 5.99. The minimum Gasteiger partial charge on any atom is -0.497 e. The number of hydrogen-bond donors (Lipinski definition) is 1. The van der Waals surface area contributed by atoms with Crippen LogP contribution in [-0.4, -0.2) is 107 Å². The smallest absolute Gasteiger partial charge is 0.220 e. The molecule has 1 fully saturated rings. The Balaban J connectivity index is 1.21. The summed E-state index contributed by atoms with van der Waals surface area (Å²) in [6.07, 6.45) is 28.9. The number of nitrogens with zero attached hydrogens (tertiary/aromatic N) is 1. The molecule has 6 aromatic rings. The molecule has 13 nitrogen and oxygen atoms in total. The number of carbonyl (C=O) groups is 1. The molecule has 0 aromatic heterocycles. The summed E-state index contributed by atoms with van der Waals surface area (Å²) in [7, 11) is 3.37. The van der Waals surface area contributed by atoms with Crippen molar-refractivity contribution in [1.82, 2.24) is 10.2 Å². The molecule has 0 bridgehead atoms. The Bertz CT molecular complexity index is 2970. The normalized spacial score (nSPS) is 16.9. The number of carbonyl (C=O) groups excluding carboxylic acids is 1. The van der Waals surface area contributed by atoms with Gasteiger partial charge in [-0.1, -0.05) is 314 Å². The molecule has 0 saturated carbocycles. The van der Waals surface area contributed by atoms with E-state index < -0.39 is 49.0 Å². The fourth-order valence-corrected chi connectivity index (χ4v) is 13.8. The van der Waals surface area contributed by atoms with Crippen LogP contribution in [0.1, 0.15) is 240 Å². The third-order valence-corrected chi connectivity index (χ3v) is 20.0. The lowest BCUT2D eigenvalue weighted by Gasteiger charge is -2.46. The molecule has 568 valence electrons. The van der Waals surface area contributed by atoms with E-state index in [0.29, 0.717) is 32.7 Å². The fourth-order valence-electron chi connectivity index (χ4n) is 13.8. The van der Waals surface area contributed by atoms with E-state index in [1.165, 1.54) is 142 Å². The third kappa shape index (κ3) is 34.9. The zero-order valence-corrected chi connectivity index (χ0v) is 64.0. The number of benzene rings is 6. The van der Waals surface area contributed by atoms with Crippen molar-refractivity contribution in [3.8, 4) is 11.5 Å². The molecule has 1 heterocycles. The molecule has 0 aliphatic carbocycles. The van der Waals surface area contributed by atoms with Crippen molar-refractivity contribution in [3.63, 3.8) is 0 Å². The zero-order valence-electron chi connectivity index (χ0n) is 64.0. The van der Waals surface area contributed by atoms with Crippen LogP contribution in [0.15, 0.2) is 170 Å². The maximum Gasteiger partial charge on any atom is 0.220 e.